The molecule has 8 heteroatoms. The lowest BCUT2D eigenvalue weighted by Gasteiger charge is -2.34. The van der Waals surface area contributed by atoms with E-state index in [9.17, 15) is 17.6 Å². The van der Waals surface area contributed by atoms with Crippen molar-refractivity contribution in [2.75, 3.05) is 32.8 Å². The number of para-hydroxylation sites is 1. The Morgan fingerprint density at radius 1 is 1.03 bits per heavy atom. The lowest BCUT2D eigenvalue weighted by molar-refractivity contribution is -0.134. The molecule has 6 nitrogen and oxygen atoms in total. The van der Waals surface area contributed by atoms with Crippen molar-refractivity contribution < 1.29 is 22.3 Å². The minimum atomic E-state index is -3.70. The molecule has 2 aromatic rings. The summed E-state index contributed by atoms with van der Waals surface area (Å²) in [7, 11) is -3.70. The van der Waals surface area contributed by atoms with Crippen LogP contribution in [-0.4, -0.2) is 56.3 Å². The number of benzene rings is 2. The second kappa shape index (κ2) is 8.92. The summed E-state index contributed by atoms with van der Waals surface area (Å²) in [5.74, 6) is 0.302. The third-order valence-electron chi connectivity index (χ3n) is 4.93. The van der Waals surface area contributed by atoms with Crippen molar-refractivity contribution in [2.45, 2.75) is 24.7 Å². The summed E-state index contributed by atoms with van der Waals surface area (Å²) in [5.41, 5.74) is 1.04. The Balaban J connectivity index is 1.56. The Morgan fingerprint density at radius 3 is 2.28 bits per heavy atom. The molecule has 0 aliphatic carbocycles. The maximum atomic E-state index is 13.1. The second-order valence-electron chi connectivity index (χ2n) is 7.22. The highest BCUT2D eigenvalue weighted by Crippen LogP contribution is 2.26. The van der Waals surface area contributed by atoms with Crippen molar-refractivity contribution in [3.63, 3.8) is 0 Å². The SMILES string of the molecule is CC(C)c1ccccc1OCC(=O)N1CCN(S(=O)(=O)c2ccc(F)cc2)CC1. The minimum Gasteiger partial charge on any atom is -0.483 e. The Morgan fingerprint density at radius 2 is 1.66 bits per heavy atom. The molecule has 0 radical (unpaired) electrons. The standard InChI is InChI=1S/C21H25FN2O4S/c1-16(2)19-5-3-4-6-20(19)28-15-21(25)23-11-13-24(14-12-23)29(26,27)18-9-7-17(22)8-10-18/h3-10,16H,11-15H2,1-2H3. The van der Waals surface area contributed by atoms with Gasteiger partial charge in [0.15, 0.2) is 6.61 Å². The number of amides is 1. The van der Waals surface area contributed by atoms with Gasteiger partial charge < -0.3 is 9.64 Å². The number of hydrogen-bond donors (Lipinski definition) is 0. The first-order valence-corrected chi connectivity index (χ1v) is 11.0. The predicted octanol–water partition coefficient (Wildman–Crippen LogP) is 2.86. The van der Waals surface area contributed by atoms with E-state index in [0.29, 0.717) is 5.75 Å². The van der Waals surface area contributed by atoms with Crippen molar-refractivity contribution in [3.05, 3.63) is 59.9 Å². The van der Waals surface area contributed by atoms with Gasteiger partial charge in [-0.3, -0.25) is 4.79 Å². The Bertz CT molecular complexity index is 953. The van der Waals surface area contributed by atoms with Crippen LogP contribution < -0.4 is 4.74 Å². The van der Waals surface area contributed by atoms with Gasteiger partial charge in [-0.25, -0.2) is 12.8 Å². The first-order chi connectivity index (χ1) is 13.8. The number of nitrogens with zero attached hydrogens (tertiary/aromatic N) is 2. The lowest BCUT2D eigenvalue weighted by atomic mass is 10.0. The predicted molar refractivity (Wildman–Crippen MR) is 108 cm³/mol. The first kappa shape index (κ1) is 21.3. The van der Waals surface area contributed by atoms with E-state index in [2.05, 4.69) is 13.8 Å². The maximum Gasteiger partial charge on any atom is 0.260 e. The Kier molecular flexibility index (Phi) is 6.54. The number of ether oxygens (including phenoxy) is 1. The fourth-order valence-electron chi connectivity index (χ4n) is 3.25. The molecule has 0 unspecified atom stereocenters. The molecule has 0 atom stereocenters. The summed E-state index contributed by atoms with van der Waals surface area (Å²) in [4.78, 5) is 14.2. The average molecular weight is 421 g/mol. The lowest BCUT2D eigenvalue weighted by Crippen LogP contribution is -2.51. The number of sulfonamides is 1. The fraction of sp³-hybridized carbons (Fsp3) is 0.381. The van der Waals surface area contributed by atoms with E-state index in [0.717, 1.165) is 17.7 Å². The number of carbonyl (C=O) groups is 1. The number of rotatable bonds is 6. The monoisotopic (exact) mass is 420 g/mol. The maximum absolute atomic E-state index is 13.1. The van der Waals surface area contributed by atoms with Crippen LogP contribution in [0.25, 0.3) is 0 Å². The van der Waals surface area contributed by atoms with Crippen LogP contribution in [0.3, 0.4) is 0 Å². The van der Waals surface area contributed by atoms with Gasteiger partial charge in [0.1, 0.15) is 11.6 Å². The summed E-state index contributed by atoms with van der Waals surface area (Å²) in [5, 5.41) is 0. The quantitative estimate of drug-likeness (QED) is 0.721. The highest BCUT2D eigenvalue weighted by molar-refractivity contribution is 7.89. The van der Waals surface area contributed by atoms with Crippen molar-refractivity contribution in [2.24, 2.45) is 0 Å². The number of halogens is 1. The molecule has 29 heavy (non-hydrogen) atoms. The van der Waals surface area contributed by atoms with Crippen molar-refractivity contribution in [1.82, 2.24) is 9.21 Å². The molecule has 1 fully saturated rings. The van der Waals surface area contributed by atoms with E-state index >= 15 is 0 Å². The van der Waals surface area contributed by atoms with Gasteiger partial charge in [-0.2, -0.15) is 4.31 Å². The van der Waals surface area contributed by atoms with Crippen molar-refractivity contribution in [1.29, 1.82) is 0 Å². The number of hydrogen-bond acceptors (Lipinski definition) is 4. The Hall–Kier alpha value is -2.45. The molecular formula is C21H25FN2O4S. The molecule has 1 saturated heterocycles. The molecule has 3 rings (SSSR count). The van der Waals surface area contributed by atoms with E-state index in [-0.39, 0.29) is 49.5 Å². The van der Waals surface area contributed by atoms with Crippen LogP contribution in [0.4, 0.5) is 4.39 Å². The van der Waals surface area contributed by atoms with E-state index < -0.39 is 15.8 Å². The normalized spacial score (nSPS) is 15.5. The zero-order chi connectivity index (χ0) is 21.0. The molecule has 2 aromatic carbocycles. The third-order valence-corrected chi connectivity index (χ3v) is 6.85. The summed E-state index contributed by atoms with van der Waals surface area (Å²) in [6, 6.07) is 12.4. The highest BCUT2D eigenvalue weighted by Gasteiger charge is 2.30. The van der Waals surface area contributed by atoms with Gasteiger partial charge in [0, 0.05) is 26.2 Å². The average Bonchev–Trinajstić information content (AvgIpc) is 2.72. The van der Waals surface area contributed by atoms with E-state index in [1.807, 2.05) is 24.3 Å². The van der Waals surface area contributed by atoms with Gasteiger partial charge in [0.05, 0.1) is 4.90 Å². The number of piperazine rings is 1. The van der Waals surface area contributed by atoms with E-state index in [1.54, 1.807) is 4.90 Å². The van der Waals surface area contributed by atoms with Gasteiger partial charge in [0.2, 0.25) is 10.0 Å². The zero-order valence-corrected chi connectivity index (χ0v) is 17.4. The molecule has 0 spiro atoms. The number of carbonyl (C=O) groups excluding carboxylic acids is 1. The van der Waals surface area contributed by atoms with Crippen LogP contribution in [0.15, 0.2) is 53.4 Å². The molecule has 1 heterocycles. The van der Waals surface area contributed by atoms with Gasteiger partial charge in [-0.1, -0.05) is 32.0 Å². The van der Waals surface area contributed by atoms with E-state index in [1.165, 1.54) is 16.4 Å². The molecule has 0 bridgehead atoms. The van der Waals surface area contributed by atoms with Crippen LogP contribution in [0.1, 0.15) is 25.3 Å². The van der Waals surface area contributed by atoms with E-state index in [4.69, 9.17) is 4.74 Å². The van der Waals surface area contributed by atoms with Crippen LogP contribution in [0, 0.1) is 5.82 Å². The van der Waals surface area contributed by atoms with Crippen LogP contribution in [0.5, 0.6) is 5.75 Å². The molecule has 0 saturated carbocycles. The van der Waals surface area contributed by atoms with Crippen LogP contribution >= 0.6 is 0 Å². The van der Waals surface area contributed by atoms with Gasteiger partial charge in [-0.15, -0.1) is 0 Å². The first-order valence-electron chi connectivity index (χ1n) is 9.54. The van der Waals surface area contributed by atoms with Crippen LogP contribution in [0.2, 0.25) is 0 Å². The summed E-state index contributed by atoms with van der Waals surface area (Å²) >= 11 is 0. The largest absolute Gasteiger partial charge is 0.483 e. The minimum absolute atomic E-state index is 0.0484. The van der Waals surface area contributed by atoms with Crippen molar-refractivity contribution in [3.8, 4) is 5.75 Å². The molecule has 0 aromatic heterocycles. The highest BCUT2D eigenvalue weighted by atomic mass is 32.2. The molecular weight excluding hydrogens is 395 g/mol. The van der Waals surface area contributed by atoms with Gasteiger partial charge in [0.25, 0.3) is 5.91 Å². The van der Waals surface area contributed by atoms with Crippen molar-refractivity contribution >= 4 is 15.9 Å². The molecule has 1 amide bonds. The summed E-state index contributed by atoms with van der Waals surface area (Å²) in [6.07, 6.45) is 0. The second-order valence-corrected chi connectivity index (χ2v) is 9.16. The molecule has 156 valence electrons. The summed E-state index contributed by atoms with van der Waals surface area (Å²) < 4.78 is 45.4. The molecule has 1 aliphatic rings. The fourth-order valence-corrected chi connectivity index (χ4v) is 4.68. The van der Waals surface area contributed by atoms with Crippen LogP contribution in [-0.2, 0) is 14.8 Å². The van der Waals surface area contributed by atoms with Gasteiger partial charge >= 0.3 is 0 Å². The zero-order valence-electron chi connectivity index (χ0n) is 16.5. The molecule has 0 N–H and O–H groups in total. The molecule has 1 aliphatic heterocycles. The smallest absolute Gasteiger partial charge is 0.260 e. The summed E-state index contributed by atoms with van der Waals surface area (Å²) in [6.45, 7) is 4.98. The van der Waals surface area contributed by atoms with Gasteiger partial charge in [-0.05, 0) is 41.8 Å². The third kappa shape index (κ3) is 4.94. The topological polar surface area (TPSA) is 66.9 Å². The Labute approximate surface area is 170 Å².